The van der Waals surface area contributed by atoms with E-state index in [4.69, 9.17) is 10.2 Å². The Morgan fingerprint density at radius 1 is 1.15 bits per heavy atom. The summed E-state index contributed by atoms with van der Waals surface area (Å²) in [6.45, 7) is 1.39. The highest BCUT2D eigenvalue weighted by molar-refractivity contribution is 6.08. The van der Waals surface area contributed by atoms with Crippen molar-refractivity contribution in [3.63, 3.8) is 0 Å². The van der Waals surface area contributed by atoms with Crippen molar-refractivity contribution in [2.75, 3.05) is 0 Å². The van der Waals surface area contributed by atoms with E-state index in [2.05, 4.69) is 9.72 Å². The number of nitrogens with zero attached hydrogens (tertiary/aromatic N) is 1. The van der Waals surface area contributed by atoms with E-state index in [1.807, 2.05) is 0 Å². The number of halogens is 5. The molecule has 0 saturated carbocycles. The number of carbonyl (C=O) groups is 1. The molecule has 0 spiro atoms. The van der Waals surface area contributed by atoms with E-state index in [0.717, 1.165) is 18.3 Å². The molecule has 2 N–H and O–H groups in total. The molecule has 0 radical (unpaired) electrons. The number of hydrogen-bond acceptors (Lipinski definition) is 4. The molecule has 0 aliphatic rings. The van der Waals surface area contributed by atoms with Gasteiger partial charge in [0.15, 0.2) is 5.69 Å². The van der Waals surface area contributed by atoms with Gasteiger partial charge in [0.25, 0.3) is 5.91 Å². The Morgan fingerprint density at radius 3 is 2.48 bits per heavy atom. The van der Waals surface area contributed by atoms with Crippen LogP contribution < -0.4 is 10.5 Å². The summed E-state index contributed by atoms with van der Waals surface area (Å²) in [5.74, 6) is -1.45. The first-order chi connectivity index (χ1) is 12.5. The lowest BCUT2D eigenvalue weighted by atomic mass is 10.1. The highest BCUT2D eigenvalue weighted by atomic mass is 19.4. The average molecular weight is 386 g/mol. The Morgan fingerprint density at radius 2 is 1.85 bits per heavy atom. The van der Waals surface area contributed by atoms with Gasteiger partial charge >= 0.3 is 12.3 Å². The topological polar surface area (TPSA) is 78.3 Å². The number of pyridine rings is 1. The third-order valence-electron chi connectivity index (χ3n) is 3.73. The Labute approximate surface area is 148 Å². The number of ether oxygens (including phenoxy) is 1. The van der Waals surface area contributed by atoms with E-state index >= 15 is 0 Å². The quantitative estimate of drug-likeness (QED) is 0.675. The van der Waals surface area contributed by atoms with Gasteiger partial charge in [0.05, 0.1) is 16.5 Å². The van der Waals surface area contributed by atoms with Crippen LogP contribution in [0.25, 0.3) is 11.0 Å². The minimum Gasteiger partial charge on any atom is -0.460 e. The zero-order valence-corrected chi connectivity index (χ0v) is 13.6. The second kappa shape index (κ2) is 6.22. The SMILES string of the molecule is Cc1oc2cccc(OC(F)(F)c3cccnc3C(F)(F)F)c2c1C(N)=O. The van der Waals surface area contributed by atoms with Crippen LogP contribution in [0, 0.1) is 6.92 Å². The summed E-state index contributed by atoms with van der Waals surface area (Å²) in [7, 11) is 0. The van der Waals surface area contributed by atoms with Crippen LogP contribution in [-0.4, -0.2) is 10.9 Å². The van der Waals surface area contributed by atoms with E-state index in [-0.39, 0.29) is 22.3 Å². The van der Waals surface area contributed by atoms with Crippen molar-refractivity contribution < 1.29 is 35.9 Å². The summed E-state index contributed by atoms with van der Waals surface area (Å²) in [4.78, 5) is 14.6. The largest absolute Gasteiger partial charge is 0.460 e. The molecule has 0 unspecified atom stereocenters. The number of hydrogen-bond donors (Lipinski definition) is 1. The van der Waals surface area contributed by atoms with Gasteiger partial charge in [0.1, 0.15) is 17.1 Å². The van der Waals surface area contributed by atoms with Gasteiger partial charge in [-0.25, -0.2) is 0 Å². The third kappa shape index (κ3) is 3.29. The predicted octanol–water partition coefficient (Wildman–Crippen LogP) is 4.38. The monoisotopic (exact) mass is 386 g/mol. The van der Waals surface area contributed by atoms with Crippen LogP contribution >= 0.6 is 0 Å². The molecule has 10 heteroatoms. The molecule has 0 fully saturated rings. The summed E-state index contributed by atoms with van der Waals surface area (Å²) >= 11 is 0. The smallest absolute Gasteiger partial charge is 0.433 e. The van der Waals surface area contributed by atoms with Crippen LogP contribution in [0.15, 0.2) is 40.9 Å². The maximum absolute atomic E-state index is 14.6. The molecule has 1 aromatic carbocycles. The van der Waals surface area contributed by atoms with Gasteiger partial charge in [-0.1, -0.05) is 6.07 Å². The van der Waals surface area contributed by atoms with Gasteiger partial charge in [0, 0.05) is 6.20 Å². The summed E-state index contributed by atoms with van der Waals surface area (Å²) in [6, 6.07) is 5.23. The number of primary amides is 1. The molecule has 2 aromatic heterocycles. The van der Waals surface area contributed by atoms with Crippen molar-refractivity contribution in [3.05, 3.63) is 59.1 Å². The maximum atomic E-state index is 14.6. The van der Waals surface area contributed by atoms with Crippen molar-refractivity contribution in [2.45, 2.75) is 19.2 Å². The molecule has 0 bridgehead atoms. The zero-order valence-electron chi connectivity index (χ0n) is 13.6. The van der Waals surface area contributed by atoms with Gasteiger partial charge in [-0.05, 0) is 31.2 Å². The van der Waals surface area contributed by atoms with Crippen LogP contribution in [0.3, 0.4) is 0 Å². The van der Waals surface area contributed by atoms with E-state index in [1.54, 1.807) is 0 Å². The zero-order chi connectivity index (χ0) is 20.0. The highest BCUT2D eigenvalue weighted by Crippen LogP contribution is 2.42. The number of nitrogens with two attached hydrogens (primary N) is 1. The number of furan rings is 1. The van der Waals surface area contributed by atoms with E-state index in [1.165, 1.54) is 19.1 Å². The molecular weight excluding hydrogens is 375 g/mol. The summed E-state index contributed by atoms with van der Waals surface area (Å²) < 4.78 is 78.1. The number of fused-ring (bicyclic) bond motifs is 1. The predicted molar refractivity (Wildman–Crippen MR) is 83.2 cm³/mol. The molecule has 142 valence electrons. The molecule has 2 heterocycles. The molecule has 1 amide bonds. The Hall–Kier alpha value is -3.17. The molecule has 3 aromatic rings. The molecule has 3 rings (SSSR count). The Kier molecular flexibility index (Phi) is 4.29. The highest BCUT2D eigenvalue weighted by Gasteiger charge is 2.46. The average Bonchev–Trinajstić information content (AvgIpc) is 2.91. The summed E-state index contributed by atoms with van der Waals surface area (Å²) in [5, 5.41) is -0.153. The van der Waals surface area contributed by atoms with Crippen molar-refractivity contribution in [1.82, 2.24) is 4.98 Å². The Balaban J connectivity index is 2.15. The van der Waals surface area contributed by atoms with Crippen molar-refractivity contribution >= 4 is 16.9 Å². The normalized spacial score (nSPS) is 12.4. The number of amides is 1. The number of aromatic nitrogens is 1. The number of benzene rings is 1. The molecular formula is C17H11F5N2O3. The number of rotatable bonds is 4. The van der Waals surface area contributed by atoms with Gasteiger partial charge in [-0.3, -0.25) is 9.78 Å². The van der Waals surface area contributed by atoms with Crippen molar-refractivity contribution in [2.24, 2.45) is 5.73 Å². The molecule has 0 atom stereocenters. The number of carbonyl (C=O) groups excluding carboxylic acids is 1. The van der Waals surface area contributed by atoms with Crippen LogP contribution in [0.5, 0.6) is 5.75 Å². The molecule has 0 saturated heterocycles. The fourth-order valence-corrected chi connectivity index (χ4v) is 2.68. The molecule has 5 nitrogen and oxygen atoms in total. The third-order valence-corrected chi connectivity index (χ3v) is 3.73. The number of aryl methyl sites for hydroxylation is 1. The van der Waals surface area contributed by atoms with Crippen LogP contribution in [0.4, 0.5) is 22.0 Å². The fraction of sp³-hybridized carbons (Fsp3) is 0.176. The molecule has 27 heavy (non-hydrogen) atoms. The van der Waals surface area contributed by atoms with Crippen molar-refractivity contribution in [1.29, 1.82) is 0 Å². The van der Waals surface area contributed by atoms with Gasteiger partial charge in [-0.15, -0.1) is 0 Å². The first-order valence-corrected chi connectivity index (χ1v) is 7.44. The fourth-order valence-electron chi connectivity index (χ4n) is 2.68. The minimum atomic E-state index is -5.11. The van der Waals surface area contributed by atoms with Gasteiger partial charge in [-0.2, -0.15) is 22.0 Å². The van der Waals surface area contributed by atoms with Crippen LogP contribution in [-0.2, 0) is 12.3 Å². The first-order valence-electron chi connectivity index (χ1n) is 7.44. The van der Waals surface area contributed by atoms with Gasteiger partial charge in [0.2, 0.25) is 0 Å². The van der Waals surface area contributed by atoms with E-state index in [0.29, 0.717) is 6.07 Å². The minimum absolute atomic E-state index is 0.0248. The van der Waals surface area contributed by atoms with Crippen LogP contribution in [0.1, 0.15) is 27.4 Å². The molecule has 0 aliphatic carbocycles. The summed E-state index contributed by atoms with van der Waals surface area (Å²) in [6.07, 6.45) is -8.76. The van der Waals surface area contributed by atoms with E-state index in [9.17, 15) is 26.7 Å². The van der Waals surface area contributed by atoms with Crippen molar-refractivity contribution in [3.8, 4) is 5.75 Å². The van der Waals surface area contributed by atoms with Gasteiger partial charge < -0.3 is 14.9 Å². The van der Waals surface area contributed by atoms with Crippen LogP contribution in [0.2, 0.25) is 0 Å². The lowest BCUT2D eigenvalue weighted by molar-refractivity contribution is -0.195. The first kappa shape index (κ1) is 18.6. The standard InChI is InChI=1S/C17H11F5N2O3/c1-8-12(15(23)25)13-10(26-8)5-2-6-11(13)27-17(21,22)9-4-3-7-24-14(9)16(18,19)20/h2-7H,1H3,(H2,23,25). The second-order valence-electron chi connectivity index (χ2n) is 5.54. The molecule has 0 aliphatic heterocycles. The van der Waals surface area contributed by atoms with E-state index < -0.39 is 35.2 Å². The second-order valence-corrected chi connectivity index (χ2v) is 5.54. The lowest BCUT2D eigenvalue weighted by Crippen LogP contribution is -2.27. The summed E-state index contributed by atoms with van der Waals surface area (Å²) in [5.41, 5.74) is 1.84. The Bertz CT molecular complexity index is 1030. The lowest BCUT2D eigenvalue weighted by Gasteiger charge is -2.21. The maximum Gasteiger partial charge on any atom is 0.433 e. The number of alkyl halides is 5.